The van der Waals surface area contributed by atoms with Crippen LogP contribution in [0, 0.1) is 5.92 Å². The summed E-state index contributed by atoms with van der Waals surface area (Å²) in [6.45, 7) is 8.67. The maximum Gasteiger partial charge on any atom is 0.279 e. The SMILES string of the molecule is CCNS(=O)(=O)N(CC1CCCNC1)C(C)C. The van der Waals surface area contributed by atoms with E-state index in [1.54, 1.807) is 11.2 Å². The Bertz CT molecular complexity index is 311. The Hall–Kier alpha value is -0.170. The number of piperidine rings is 1. The summed E-state index contributed by atoms with van der Waals surface area (Å²) in [7, 11) is -3.32. The minimum atomic E-state index is -3.32. The molecular formula is C11H25N3O2S. The molecule has 1 unspecified atom stereocenters. The summed E-state index contributed by atoms with van der Waals surface area (Å²) in [5.74, 6) is 0.430. The molecule has 0 saturated carbocycles. The van der Waals surface area contributed by atoms with Crippen molar-refractivity contribution in [1.82, 2.24) is 14.3 Å². The lowest BCUT2D eigenvalue weighted by Crippen LogP contribution is -2.48. The predicted octanol–water partition coefficient (Wildman–Crippen LogP) is 0.551. The van der Waals surface area contributed by atoms with Gasteiger partial charge in [0.15, 0.2) is 0 Å². The lowest BCUT2D eigenvalue weighted by atomic mass is 9.99. The Morgan fingerprint density at radius 1 is 1.47 bits per heavy atom. The second kappa shape index (κ2) is 6.68. The topological polar surface area (TPSA) is 61.4 Å². The van der Waals surface area contributed by atoms with Gasteiger partial charge in [0.1, 0.15) is 0 Å². The molecule has 0 aliphatic carbocycles. The van der Waals surface area contributed by atoms with E-state index in [9.17, 15) is 8.42 Å². The van der Waals surface area contributed by atoms with Crippen molar-refractivity contribution in [2.45, 2.75) is 39.7 Å². The van der Waals surface area contributed by atoms with Gasteiger partial charge in [-0.15, -0.1) is 0 Å². The van der Waals surface area contributed by atoms with Crippen LogP contribution in [0.4, 0.5) is 0 Å². The molecule has 0 spiro atoms. The van der Waals surface area contributed by atoms with Crippen LogP contribution < -0.4 is 10.0 Å². The van der Waals surface area contributed by atoms with Gasteiger partial charge in [-0.05, 0) is 45.7 Å². The fourth-order valence-corrected chi connectivity index (χ4v) is 3.68. The standard InChI is InChI=1S/C11H25N3O2S/c1-4-13-17(15,16)14(10(2)3)9-11-6-5-7-12-8-11/h10-13H,4-9H2,1-3H3. The number of nitrogens with one attached hydrogen (secondary N) is 2. The Labute approximate surface area is 105 Å². The van der Waals surface area contributed by atoms with Gasteiger partial charge in [0.25, 0.3) is 10.2 Å². The molecule has 5 nitrogen and oxygen atoms in total. The van der Waals surface area contributed by atoms with Gasteiger partial charge in [0.05, 0.1) is 0 Å². The van der Waals surface area contributed by atoms with Gasteiger partial charge in [-0.1, -0.05) is 6.92 Å². The van der Waals surface area contributed by atoms with Crippen molar-refractivity contribution in [3.8, 4) is 0 Å². The highest BCUT2D eigenvalue weighted by atomic mass is 32.2. The van der Waals surface area contributed by atoms with Crippen LogP contribution in [-0.4, -0.2) is 44.9 Å². The van der Waals surface area contributed by atoms with Crippen molar-refractivity contribution in [3.05, 3.63) is 0 Å². The minimum Gasteiger partial charge on any atom is -0.316 e. The lowest BCUT2D eigenvalue weighted by molar-refractivity contribution is 0.261. The van der Waals surface area contributed by atoms with Crippen LogP contribution in [0.2, 0.25) is 0 Å². The van der Waals surface area contributed by atoms with E-state index in [4.69, 9.17) is 0 Å². The molecule has 0 amide bonds. The maximum absolute atomic E-state index is 12.0. The highest BCUT2D eigenvalue weighted by molar-refractivity contribution is 7.87. The van der Waals surface area contributed by atoms with E-state index < -0.39 is 10.2 Å². The fourth-order valence-electron chi connectivity index (χ4n) is 2.19. The number of hydrogen-bond donors (Lipinski definition) is 2. The molecule has 1 fully saturated rings. The van der Waals surface area contributed by atoms with Crippen LogP contribution in [0.25, 0.3) is 0 Å². The Morgan fingerprint density at radius 2 is 2.18 bits per heavy atom. The zero-order valence-electron chi connectivity index (χ0n) is 11.1. The van der Waals surface area contributed by atoms with Crippen molar-refractivity contribution in [2.75, 3.05) is 26.2 Å². The molecule has 17 heavy (non-hydrogen) atoms. The van der Waals surface area contributed by atoms with Crippen LogP contribution >= 0.6 is 0 Å². The van der Waals surface area contributed by atoms with E-state index in [0.29, 0.717) is 19.0 Å². The van der Waals surface area contributed by atoms with Crippen molar-refractivity contribution >= 4 is 10.2 Å². The summed E-state index contributed by atoms with van der Waals surface area (Å²) >= 11 is 0. The third kappa shape index (κ3) is 4.54. The smallest absolute Gasteiger partial charge is 0.279 e. The van der Waals surface area contributed by atoms with Crippen LogP contribution in [0.15, 0.2) is 0 Å². The van der Waals surface area contributed by atoms with Gasteiger partial charge >= 0.3 is 0 Å². The molecule has 1 aliphatic rings. The van der Waals surface area contributed by atoms with Gasteiger partial charge in [0, 0.05) is 19.1 Å². The van der Waals surface area contributed by atoms with Gasteiger partial charge in [-0.25, -0.2) is 4.72 Å². The molecule has 1 rings (SSSR count). The molecule has 0 aromatic rings. The zero-order valence-corrected chi connectivity index (χ0v) is 11.9. The molecule has 1 heterocycles. The van der Waals surface area contributed by atoms with Crippen LogP contribution in [0.5, 0.6) is 0 Å². The molecule has 102 valence electrons. The van der Waals surface area contributed by atoms with Crippen molar-refractivity contribution in [1.29, 1.82) is 0 Å². The third-order valence-corrected chi connectivity index (χ3v) is 4.89. The molecule has 2 N–H and O–H groups in total. The first-order chi connectivity index (χ1) is 7.97. The van der Waals surface area contributed by atoms with Crippen LogP contribution in [0.1, 0.15) is 33.6 Å². The largest absolute Gasteiger partial charge is 0.316 e. The quantitative estimate of drug-likeness (QED) is 0.736. The average molecular weight is 263 g/mol. The third-order valence-electron chi connectivity index (χ3n) is 3.05. The van der Waals surface area contributed by atoms with Gasteiger partial charge in [0.2, 0.25) is 0 Å². The lowest BCUT2D eigenvalue weighted by Gasteiger charge is -2.31. The highest BCUT2D eigenvalue weighted by Gasteiger charge is 2.27. The Morgan fingerprint density at radius 3 is 2.65 bits per heavy atom. The molecule has 1 saturated heterocycles. The summed E-state index contributed by atoms with van der Waals surface area (Å²) in [5, 5.41) is 3.32. The highest BCUT2D eigenvalue weighted by Crippen LogP contribution is 2.15. The maximum atomic E-state index is 12.0. The first-order valence-corrected chi connectivity index (χ1v) is 7.88. The Balaban J connectivity index is 2.65. The molecular weight excluding hydrogens is 238 g/mol. The second-order valence-corrected chi connectivity index (χ2v) is 6.59. The van der Waals surface area contributed by atoms with E-state index in [0.717, 1.165) is 25.9 Å². The van der Waals surface area contributed by atoms with E-state index in [1.807, 2.05) is 13.8 Å². The predicted molar refractivity (Wildman–Crippen MR) is 70.0 cm³/mol. The first-order valence-electron chi connectivity index (χ1n) is 6.44. The van der Waals surface area contributed by atoms with E-state index in [2.05, 4.69) is 10.0 Å². The van der Waals surface area contributed by atoms with Gasteiger partial charge in [-0.3, -0.25) is 0 Å². The molecule has 1 atom stereocenters. The second-order valence-electron chi connectivity index (χ2n) is 4.88. The molecule has 0 radical (unpaired) electrons. The molecule has 6 heteroatoms. The van der Waals surface area contributed by atoms with Crippen LogP contribution in [-0.2, 0) is 10.2 Å². The first kappa shape index (κ1) is 14.9. The summed E-state index contributed by atoms with van der Waals surface area (Å²) in [6.07, 6.45) is 2.25. The minimum absolute atomic E-state index is 0.000904. The Kier molecular flexibility index (Phi) is 5.85. The monoisotopic (exact) mass is 263 g/mol. The van der Waals surface area contributed by atoms with Crippen molar-refractivity contribution < 1.29 is 8.42 Å². The van der Waals surface area contributed by atoms with Crippen LogP contribution in [0.3, 0.4) is 0 Å². The number of rotatable bonds is 6. The van der Waals surface area contributed by atoms with E-state index in [1.165, 1.54) is 0 Å². The summed E-state index contributed by atoms with van der Waals surface area (Å²) < 4.78 is 28.2. The summed E-state index contributed by atoms with van der Waals surface area (Å²) in [6, 6.07) is 0.000904. The van der Waals surface area contributed by atoms with Crippen molar-refractivity contribution in [3.63, 3.8) is 0 Å². The number of hydrogen-bond acceptors (Lipinski definition) is 3. The average Bonchev–Trinajstić information content (AvgIpc) is 2.26. The summed E-state index contributed by atoms with van der Waals surface area (Å²) in [4.78, 5) is 0. The zero-order chi connectivity index (χ0) is 12.9. The molecule has 0 aromatic carbocycles. The van der Waals surface area contributed by atoms with Gasteiger partial charge < -0.3 is 5.32 Å². The molecule has 0 aromatic heterocycles. The van der Waals surface area contributed by atoms with Crippen molar-refractivity contribution in [2.24, 2.45) is 5.92 Å². The van der Waals surface area contributed by atoms with Gasteiger partial charge in [-0.2, -0.15) is 12.7 Å². The van der Waals surface area contributed by atoms with E-state index >= 15 is 0 Å². The van der Waals surface area contributed by atoms with E-state index in [-0.39, 0.29) is 6.04 Å². The normalized spacial score (nSPS) is 22.3. The molecule has 1 aliphatic heterocycles. The molecule has 0 bridgehead atoms. The number of nitrogens with zero attached hydrogens (tertiary/aromatic N) is 1. The fraction of sp³-hybridized carbons (Fsp3) is 1.00. The summed E-state index contributed by atoms with van der Waals surface area (Å²) in [5.41, 5.74) is 0.